The molecule has 162 valence electrons. The highest BCUT2D eigenvalue weighted by molar-refractivity contribution is 5.82. The van der Waals surface area contributed by atoms with E-state index in [0.717, 1.165) is 43.4 Å². The number of hydrogen-bond donors (Lipinski definition) is 1. The van der Waals surface area contributed by atoms with E-state index in [9.17, 15) is 9.90 Å². The normalized spacial score (nSPS) is 45.1. The molecule has 5 nitrogen and oxygen atoms in total. The van der Waals surface area contributed by atoms with Crippen LogP contribution in [0.15, 0.2) is 12.3 Å². The Kier molecular flexibility index (Phi) is 4.85. The third kappa shape index (κ3) is 3.23. The second kappa shape index (κ2) is 7.19. The van der Waals surface area contributed by atoms with Gasteiger partial charge in [0.1, 0.15) is 6.07 Å². The maximum Gasteiger partial charge on any atom is 0.162 e. The molecule has 4 aliphatic carbocycles. The van der Waals surface area contributed by atoms with Crippen LogP contribution in [-0.4, -0.2) is 26.3 Å². The molecule has 5 heteroatoms. The number of hydrogen-bond acceptors (Lipinski definition) is 4. The standard InChI is InChI=1S/C25H35N3O2/c1-24(30)10-7-18-16(13-24)3-4-20-19(18)8-11-25(2)21(20)5-6-22(25)23(29)15-28-12-9-17(14-26)27-28/h9,12,16,18-22,30H,3-8,10-11,13,15H2,1-2H3/t16-,18+,19-,20-,21+,22-,24-,25+/m1/s1. The lowest BCUT2D eigenvalue weighted by Crippen LogP contribution is -2.51. The minimum Gasteiger partial charge on any atom is -0.390 e. The highest BCUT2D eigenvalue weighted by Crippen LogP contribution is 2.64. The van der Waals surface area contributed by atoms with Crippen LogP contribution in [0.4, 0.5) is 0 Å². The highest BCUT2D eigenvalue weighted by atomic mass is 16.3. The molecule has 1 aromatic rings. The Morgan fingerprint density at radius 3 is 2.73 bits per heavy atom. The zero-order chi connectivity index (χ0) is 21.1. The van der Waals surface area contributed by atoms with Gasteiger partial charge < -0.3 is 5.11 Å². The monoisotopic (exact) mass is 409 g/mol. The molecule has 0 unspecified atom stereocenters. The van der Waals surface area contributed by atoms with Gasteiger partial charge in [0.25, 0.3) is 0 Å². The van der Waals surface area contributed by atoms with Crippen molar-refractivity contribution in [3.8, 4) is 6.07 Å². The molecule has 4 fully saturated rings. The fraction of sp³-hybridized carbons (Fsp3) is 0.800. The van der Waals surface area contributed by atoms with Crippen LogP contribution in [0.2, 0.25) is 0 Å². The minimum atomic E-state index is -0.458. The third-order valence-corrected chi connectivity index (χ3v) is 9.70. The zero-order valence-corrected chi connectivity index (χ0v) is 18.4. The topological polar surface area (TPSA) is 78.9 Å². The van der Waals surface area contributed by atoms with Gasteiger partial charge in [-0.2, -0.15) is 10.4 Å². The average molecular weight is 410 g/mol. The van der Waals surface area contributed by atoms with E-state index in [1.54, 1.807) is 16.9 Å². The van der Waals surface area contributed by atoms with Crippen LogP contribution in [0.1, 0.15) is 77.3 Å². The number of carbonyl (C=O) groups is 1. The summed E-state index contributed by atoms with van der Waals surface area (Å²) >= 11 is 0. The summed E-state index contributed by atoms with van der Waals surface area (Å²) in [7, 11) is 0. The predicted octanol–water partition coefficient (Wildman–Crippen LogP) is 4.34. The average Bonchev–Trinajstić information content (AvgIpc) is 3.30. The molecular formula is C25H35N3O2. The van der Waals surface area contributed by atoms with Crippen molar-refractivity contribution in [3.05, 3.63) is 18.0 Å². The van der Waals surface area contributed by atoms with Crippen LogP contribution >= 0.6 is 0 Å². The maximum absolute atomic E-state index is 13.3. The van der Waals surface area contributed by atoms with Gasteiger partial charge in [-0.15, -0.1) is 0 Å². The molecule has 0 aromatic carbocycles. The summed E-state index contributed by atoms with van der Waals surface area (Å²) < 4.78 is 1.64. The molecule has 0 radical (unpaired) electrons. The SMILES string of the molecule is C[C@@]1(O)CC[C@H]2[C@H](CC[C@@H]3[C@@H]2CC[C@]2(C)[C@@H](C(=O)Cn4ccc(C#N)n4)CC[C@@H]32)C1. The lowest BCUT2D eigenvalue weighted by atomic mass is 9.49. The Morgan fingerprint density at radius 2 is 1.97 bits per heavy atom. The second-order valence-corrected chi connectivity index (χ2v) is 11.3. The first-order chi connectivity index (χ1) is 14.3. The molecule has 0 aliphatic heterocycles. The van der Waals surface area contributed by atoms with Gasteiger partial charge >= 0.3 is 0 Å². The van der Waals surface area contributed by atoms with E-state index >= 15 is 0 Å². The van der Waals surface area contributed by atoms with Crippen LogP contribution in [0.3, 0.4) is 0 Å². The van der Waals surface area contributed by atoms with Crippen LogP contribution < -0.4 is 0 Å². The molecule has 8 atom stereocenters. The van der Waals surface area contributed by atoms with E-state index in [4.69, 9.17) is 5.26 Å². The Labute approximate surface area is 179 Å². The summed E-state index contributed by atoms with van der Waals surface area (Å²) in [6, 6.07) is 3.72. The van der Waals surface area contributed by atoms with Crippen molar-refractivity contribution >= 4 is 5.78 Å². The van der Waals surface area contributed by atoms with Gasteiger partial charge in [-0.05, 0) is 106 Å². The highest BCUT2D eigenvalue weighted by Gasteiger charge is 2.58. The van der Waals surface area contributed by atoms with Crippen LogP contribution in [0.25, 0.3) is 0 Å². The first-order valence-electron chi connectivity index (χ1n) is 12.0. The summed E-state index contributed by atoms with van der Waals surface area (Å²) in [6.45, 7) is 4.72. The largest absolute Gasteiger partial charge is 0.390 e. The summed E-state index contributed by atoms with van der Waals surface area (Å²) in [6.07, 6.45) is 12.0. The van der Waals surface area contributed by atoms with Crippen molar-refractivity contribution in [2.24, 2.45) is 40.9 Å². The van der Waals surface area contributed by atoms with Gasteiger partial charge in [0, 0.05) is 12.1 Å². The van der Waals surface area contributed by atoms with Gasteiger partial charge in [0.2, 0.25) is 0 Å². The van der Waals surface area contributed by atoms with Crippen molar-refractivity contribution in [2.75, 3.05) is 0 Å². The van der Waals surface area contributed by atoms with Crippen LogP contribution in [-0.2, 0) is 11.3 Å². The molecule has 4 aliphatic rings. The van der Waals surface area contributed by atoms with Crippen molar-refractivity contribution in [1.82, 2.24) is 9.78 Å². The molecule has 0 saturated heterocycles. The zero-order valence-electron chi connectivity index (χ0n) is 18.4. The lowest BCUT2D eigenvalue weighted by molar-refractivity contribution is -0.133. The van der Waals surface area contributed by atoms with E-state index in [1.807, 2.05) is 13.0 Å². The number of Topliss-reactive ketones (excluding diaryl/α,β-unsaturated/α-hetero) is 1. The van der Waals surface area contributed by atoms with Crippen molar-refractivity contribution in [2.45, 2.75) is 83.8 Å². The fourth-order valence-corrected chi connectivity index (χ4v) is 8.39. The number of rotatable bonds is 3. The summed E-state index contributed by atoms with van der Waals surface area (Å²) in [4.78, 5) is 13.3. The molecule has 1 N–H and O–H groups in total. The van der Waals surface area contributed by atoms with E-state index in [1.165, 1.54) is 32.1 Å². The predicted molar refractivity (Wildman–Crippen MR) is 113 cm³/mol. The Balaban J connectivity index is 1.30. The van der Waals surface area contributed by atoms with Gasteiger partial charge in [-0.25, -0.2) is 0 Å². The number of nitriles is 1. The lowest BCUT2D eigenvalue weighted by Gasteiger charge is -2.56. The summed E-state index contributed by atoms with van der Waals surface area (Å²) in [5.41, 5.74) is 0.0400. The van der Waals surface area contributed by atoms with Gasteiger partial charge in [0.05, 0.1) is 12.1 Å². The molecule has 0 spiro atoms. The fourth-order valence-electron chi connectivity index (χ4n) is 8.39. The van der Waals surface area contributed by atoms with Crippen LogP contribution in [0.5, 0.6) is 0 Å². The van der Waals surface area contributed by atoms with E-state index in [-0.39, 0.29) is 11.3 Å². The van der Waals surface area contributed by atoms with Crippen LogP contribution in [0, 0.1) is 52.3 Å². The Bertz CT molecular complexity index is 868. The molecule has 30 heavy (non-hydrogen) atoms. The number of carbonyl (C=O) groups excluding carboxylic acids is 1. The van der Waals surface area contributed by atoms with Gasteiger partial charge in [0.15, 0.2) is 11.5 Å². The molecule has 1 aromatic heterocycles. The Morgan fingerprint density at radius 1 is 1.17 bits per heavy atom. The van der Waals surface area contributed by atoms with E-state index < -0.39 is 5.60 Å². The number of aliphatic hydroxyl groups is 1. The van der Waals surface area contributed by atoms with Gasteiger partial charge in [-0.1, -0.05) is 6.92 Å². The number of aromatic nitrogens is 2. The molecule has 0 amide bonds. The molecule has 1 heterocycles. The van der Waals surface area contributed by atoms with E-state index in [2.05, 4.69) is 12.0 Å². The molecular weight excluding hydrogens is 374 g/mol. The smallest absolute Gasteiger partial charge is 0.162 e. The van der Waals surface area contributed by atoms with Gasteiger partial charge in [-0.3, -0.25) is 9.48 Å². The quantitative estimate of drug-likeness (QED) is 0.805. The molecule has 0 bridgehead atoms. The summed E-state index contributed by atoms with van der Waals surface area (Å²) in [5.74, 6) is 4.15. The number of nitrogens with zero attached hydrogens (tertiary/aromatic N) is 3. The summed E-state index contributed by atoms with van der Waals surface area (Å²) in [5, 5.41) is 23.8. The van der Waals surface area contributed by atoms with Crippen molar-refractivity contribution in [3.63, 3.8) is 0 Å². The first kappa shape index (κ1) is 20.2. The number of ketones is 1. The van der Waals surface area contributed by atoms with Crippen molar-refractivity contribution < 1.29 is 9.90 Å². The second-order valence-electron chi connectivity index (χ2n) is 11.3. The molecule has 4 saturated carbocycles. The number of fused-ring (bicyclic) bond motifs is 5. The maximum atomic E-state index is 13.3. The Hall–Kier alpha value is -1.67. The third-order valence-electron chi connectivity index (χ3n) is 9.70. The first-order valence-corrected chi connectivity index (χ1v) is 12.0. The van der Waals surface area contributed by atoms with E-state index in [0.29, 0.717) is 29.9 Å². The van der Waals surface area contributed by atoms with Crippen molar-refractivity contribution in [1.29, 1.82) is 5.26 Å². The molecule has 5 rings (SSSR count). The minimum absolute atomic E-state index is 0.121.